The molecule has 4 heteroatoms. The maximum Gasteiger partial charge on any atom is 0.119 e. The van der Waals surface area contributed by atoms with Crippen LogP contribution >= 0.6 is 11.3 Å². The van der Waals surface area contributed by atoms with Gasteiger partial charge in [-0.3, -0.25) is 0 Å². The summed E-state index contributed by atoms with van der Waals surface area (Å²) in [4.78, 5) is 3.74. The van der Waals surface area contributed by atoms with E-state index in [0.717, 1.165) is 30.8 Å². The summed E-state index contributed by atoms with van der Waals surface area (Å²) in [6.07, 6.45) is 1.11. The smallest absolute Gasteiger partial charge is 0.119 e. The van der Waals surface area contributed by atoms with Crippen LogP contribution in [0.4, 0.5) is 0 Å². The fourth-order valence-corrected chi connectivity index (χ4v) is 2.65. The number of hydrogen-bond donors (Lipinski definition) is 1. The second-order valence-electron chi connectivity index (χ2n) is 4.83. The van der Waals surface area contributed by atoms with E-state index in [1.807, 2.05) is 35.6 Å². The number of thiophene rings is 1. The molecule has 0 amide bonds. The molecule has 0 radical (unpaired) electrons. The van der Waals surface area contributed by atoms with Crippen molar-refractivity contribution in [1.29, 1.82) is 0 Å². The van der Waals surface area contributed by atoms with E-state index in [-0.39, 0.29) is 0 Å². The Kier molecular flexibility index (Phi) is 6.05. The van der Waals surface area contributed by atoms with Gasteiger partial charge < -0.3 is 15.4 Å². The second kappa shape index (κ2) is 8.04. The fraction of sp³-hybridized carbons (Fsp3) is 0.375. The molecule has 0 spiro atoms. The largest absolute Gasteiger partial charge is 0.492 e. The first kappa shape index (κ1) is 15.0. The molecule has 0 aliphatic rings. The molecule has 0 unspecified atom stereocenters. The Hall–Kier alpha value is -1.36. The number of benzene rings is 1. The van der Waals surface area contributed by atoms with E-state index >= 15 is 0 Å². The van der Waals surface area contributed by atoms with Gasteiger partial charge >= 0.3 is 0 Å². The van der Waals surface area contributed by atoms with E-state index in [1.54, 1.807) is 0 Å². The molecular weight excluding hydrogens is 268 g/mol. The predicted molar refractivity (Wildman–Crippen MR) is 85.3 cm³/mol. The molecule has 0 saturated carbocycles. The van der Waals surface area contributed by atoms with Gasteiger partial charge in [0.1, 0.15) is 12.4 Å². The molecule has 3 nitrogen and oxygen atoms in total. The SMILES string of the molecule is CN(CCOc1cccc(CN)c1)CCc1cccs1. The van der Waals surface area contributed by atoms with Crippen LogP contribution in [0.5, 0.6) is 5.75 Å². The molecule has 2 aromatic rings. The Morgan fingerprint density at radius 1 is 1.20 bits per heavy atom. The summed E-state index contributed by atoms with van der Waals surface area (Å²) in [6.45, 7) is 3.25. The molecule has 20 heavy (non-hydrogen) atoms. The summed E-state index contributed by atoms with van der Waals surface area (Å²) in [5.41, 5.74) is 6.72. The fourth-order valence-electron chi connectivity index (χ4n) is 1.95. The highest BCUT2D eigenvalue weighted by Crippen LogP contribution is 2.13. The van der Waals surface area contributed by atoms with Crippen LogP contribution in [-0.4, -0.2) is 31.6 Å². The Morgan fingerprint density at radius 3 is 2.85 bits per heavy atom. The van der Waals surface area contributed by atoms with Gasteiger partial charge in [-0.15, -0.1) is 11.3 Å². The van der Waals surface area contributed by atoms with Gasteiger partial charge in [0.25, 0.3) is 0 Å². The third-order valence-corrected chi connectivity index (χ3v) is 4.13. The first-order valence-corrected chi connectivity index (χ1v) is 7.78. The summed E-state index contributed by atoms with van der Waals surface area (Å²) >= 11 is 1.82. The molecule has 2 rings (SSSR count). The highest BCUT2D eigenvalue weighted by molar-refractivity contribution is 7.09. The highest BCUT2D eigenvalue weighted by atomic mass is 32.1. The zero-order chi connectivity index (χ0) is 14.2. The van der Waals surface area contributed by atoms with Crippen molar-refractivity contribution in [1.82, 2.24) is 4.90 Å². The minimum Gasteiger partial charge on any atom is -0.492 e. The van der Waals surface area contributed by atoms with Gasteiger partial charge in [-0.05, 0) is 42.6 Å². The summed E-state index contributed by atoms with van der Waals surface area (Å²) in [6, 6.07) is 12.3. The zero-order valence-corrected chi connectivity index (χ0v) is 12.7. The monoisotopic (exact) mass is 290 g/mol. The number of ether oxygens (including phenoxy) is 1. The van der Waals surface area contributed by atoms with E-state index in [4.69, 9.17) is 10.5 Å². The molecule has 0 aliphatic carbocycles. The lowest BCUT2D eigenvalue weighted by molar-refractivity contribution is 0.239. The number of hydrogen-bond acceptors (Lipinski definition) is 4. The van der Waals surface area contributed by atoms with Crippen molar-refractivity contribution in [3.63, 3.8) is 0 Å². The average molecular weight is 290 g/mol. The molecule has 1 aromatic heterocycles. The second-order valence-corrected chi connectivity index (χ2v) is 5.86. The Balaban J connectivity index is 1.66. The Bertz CT molecular complexity index is 499. The van der Waals surface area contributed by atoms with Crippen LogP contribution in [0.25, 0.3) is 0 Å². The standard InChI is InChI=1S/C16H22N2OS/c1-18(8-7-16-6-3-11-20-16)9-10-19-15-5-2-4-14(12-15)13-17/h2-6,11-12H,7-10,13,17H2,1H3. The Morgan fingerprint density at radius 2 is 2.10 bits per heavy atom. The molecule has 0 aliphatic heterocycles. The topological polar surface area (TPSA) is 38.5 Å². The molecular formula is C16H22N2OS. The van der Waals surface area contributed by atoms with Crippen LogP contribution in [0.3, 0.4) is 0 Å². The van der Waals surface area contributed by atoms with Crippen LogP contribution in [0.1, 0.15) is 10.4 Å². The van der Waals surface area contributed by atoms with Crippen LogP contribution in [0.2, 0.25) is 0 Å². The number of nitrogens with two attached hydrogens (primary N) is 1. The quantitative estimate of drug-likeness (QED) is 0.812. The van der Waals surface area contributed by atoms with Gasteiger partial charge in [0, 0.05) is 24.5 Å². The van der Waals surface area contributed by atoms with Gasteiger partial charge in [0.05, 0.1) is 0 Å². The number of likely N-dealkylation sites (N-methyl/N-ethyl adjacent to an activating group) is 1. The van der Waals surface area contributed by atoms with E-state index in [0.29, 0.717) is 13.2 Å². The maximum atomic E-state index is 5.76. The molecule has 1 aromatic carbocycles. The molecule has 2 N–H and O–H groups in total. The summed E-state index contributed by atoms with van der Waals surface area (Å²) < 4.78 is 5.76. The summed E-state index contributed by atoms with van der Waals surface area (Å²) in [5, 5.41) is 2.13. The van der Waals surface area contributed by atoms with E-state index < -0.39 is 0 Å². The maximum absolute atomic E-state index is 5.76. The lowest BCUT2D eigenvalue weighted by atomic mass is 10.2. The number of rotatable bonds is 8. The molecule has 0 bridgehead atoms. The summed E-state index contributed by atoms with van der Waals surface area (Å²) in [7, 11) is 2.13. The molecule has 108 valence electrons. The van der Waals surface area contributed by atoms with Gasteiger partial charge in [0.2, 0.25) is 0 Å². The molecule has 0 fully saturated rings. The van der Waals surface area contributed by atoms with Gasteiger partial charge in [-0.2, -0.15) is 0 Å². The lowest BCUT2D eigenvalue weighted by Crippen LogP contribution is -2.26. The number of nitrogens with zero attached hydrogens (tertiary/aromatic N) is 1. The summed E-state index contributed by atoms with van der Waals surface area (Å²) in [5.74, 6) is 0.902. The van der Waals surface area contributed by atoms with Crippen molar-refractivity contribution >= 4 is 11.3 Å². The minimum atomic E-state index is 0.553. The van der Waals surface area contributed by atoms with Crippen LogP contribution < -0.4 is 10.5 Å². The minimum absolute atomic E-state index is 0.553. The van der Waals surface area contributed by atoms with Gasteiger partial charge in [-0.1, -0.05) is 18.2 Å². The van der Waals surface area contributed by atoms with Crippen LogP contribution in [0.15, 0.2) is 41.8 Å². The first-order valence-electron chi connectivity index (χ1n) is 6.90. The van der Waals surface area contributed by atoms with Crippen LogP contribution in [-0.2, 0) is 13.0 Å². The van der Waals surface area contributed by atoms with Gasteiger partial charge in [-0.25, -0.2) is 0 Å². The van der Waals surface area contributed by atoms with E-state index in [9.17, 15) is 0 Å². The average Bonchev–Trinajstić information content (AvgIpc) is 2.99. The molecule has 1 heterocycles. The van der Waals surface area contributed by atoms with Crippen molar-refractivity contribution < 1.29 is 4.74 Å². The third kappa shape index (κ3) is 4.96. The van der Waals surface area contributed by atoms with Gasteiger partial charge in [0.15, 0.2) is 0 Å². The normalized spacial score (nSPS) is 10.9. The van der Waals surface area contributed by atoms with Crippen LogP contribution in [0, 0.1) is 0 Å². The molecule has 0 saturated heterocycles. The first-order chi connectivity index (χ1) is 9.78. The van der Waals surface area contributed by atoms with Crippen molar-refractivity contribution in [2.24, 2.45) is 5.73 Å². The lowest BCUT2D eigenvalue weighted by Gasteiger charge is -2.16. The Labute approximate surface area is 125 Å². The molecule has 0 atom stereocenters. The van der Waals surface area contributed by atoms with E-state index in [1.165, 1.54) is 4.88 Å². The highest BCUT2D eigenvalue weighted by Gasteiger charge is 2.01. The van der Waals surface area contributed by atoms with Crippen molar-refractivity contribution in [3.8, 4) is 5.75 Å². The van der Waals surface area contributed by atoms with Crippen molar-refractivity contribution in [2.45, 2.75) is 13.0 Å². The van der Waals surface area contributed by atoms with Crippen molar-refractivity contribution in [3.05, 3.63) is 52.2 Å². The third-order valence-electron chi connectivity index (χ3n) is 3.20. The van der Waals surface area contributed by atoms with Crippen molar-refractivity contribution in [2.75, 3.05) is 26.7 Å². The predicted octanol–water partition coefficient (Wildman–Crippen LogP) is 2.76. The van der Waals surface area contributed by atoms with E-state index in [2.05, 4.69) is 29.5 Å². The zero-order valence-electron chi connectivity index (χ0n) is 11.9.